The van der Waals surface area contributed by atoms with Crippen molar-refractivity contribution >= 4 is 23.9 Å². The summed E-state index contributed by atoms with van der Waals surface area (Å²) in [6, 6.07) is -1.87. The van der Waals surface area contributed by atoms with E-state index in [4.69, 9.17) is 31.9 Å². The number of carbonyl (C=O) groups is 4. The van der Waals surface area contributed by atoms with Gasteiger partial charge in [-0.05, 0) is 25.7 Å². The number of nitrogens with two attached hydrogens (primary N) is 2. The quantitative estimate of drug-likeness (QED) is 0.298. The molecule has 0 aliphatic rings. The lowest BCUT2D eigenvalue weighted by molar-refractivity contribution is -0.140. The van der Waals surface area contributed by atoms with Gasteiger partial charge in [-0.25, -0.2) is 0 Å². The Hall–Kier alpha value is -2.20. The highest BCUT2D eigenvalue weighted by Gasteiger charge is 2.11. The molecule has 0 rings (SSSR count). The zero-order valence-corrected chi connectivity index (χ0v) is 12.0. The molecule has 22 heavy (non-hydrogen) atoms. The van der Waals surface area contributed by atoms with Gasteiger partial charge >= 0.3 is 23.9 Å². The smallest absolute Gasteiger partial charge is 0.320 e. The molecular formula is C12H22N2O8. The average Bonchev–Trinajstić information content (AvgIpc) is 2.38. The number of rotatable bonds is 10. The first kappa shape index (κ1) is 22.1. The van der Waals surface area contributed by atoms with Crippen LogP contribution in [0.1, 0.15) is 38.5 Å². The summed E-state index contributed by atoms with van der Waals surface area (Å²) in [6.45, 7) is 0. The zero-order valence-electron chi connectivity index (χ0n) is 12.0. The van der Waals surface area contributed by atoms with Crippen LogP contribution in [0.15, 0.2) is 0 Å². The number of hydrogen-bond donors (Lipinski definition) is 6. The van der Waals surface area contributed by atoms with E-state index in [9.17, 15) is 19.2 Å². The molecule has 0 aliphatic heterocycles. The molecule has 8 N–H and O–H groups in total. The SMILES string of the molecule is N[C@@H](CCCC(=O)O)C(=O)O.N[C@@H](CCCC(=O)O)C(=O)O. The predicted octanol–water partition coefficient (Wildman–Crippen LogP) is -0.694. The highest BCUT2D eigenvalue weighted by molar-refractivity contribution is 5.73. The first-order valence-electron chi connectivity index (χ1n) is 6.48. The molecule has 0 bridgehead atoms. The molecule has 0 aliphatic carbocycles. The van der Waals surface area contributed by atoms with Gasteiger partial charge in [-0.3, -0.25) is 19.2 Å². The van der Waals surface area contributed by atoms with E-state index in [1.807, 2.05) is 0 Å². The van der Waals surface area contributed by atoms with Crippen LogP contribution in [0.4, 0.5) is 0 Å². The Balaban J connectivity index is 0. The molecular weight excluding hydrogens is 300 g/mol. The molecule has 2 atom stereocenters. The number of aliphatic carboxylic acids is 4. The van der Waals surface area contributed by atoms with Crippen molar-refractivity contribution in [2.45, 2.75) is 50.6 Å². The largest absolute Gasteiger partial charge is 0.481 e. The van der Waals surface area contributed by atoms with Crippen molar-refractivity contribution in [3.8, 4) is 0 Å². The van der Waals surface area contributed by atoms with E-state index in [2.05, 4.69) is 0 Å². The Morgan fingerprint density at radius 3 is 1.14 bits per heavy atom. The summed E-state index contributed by atoms with van der Waals surface area (Å²) >= 11 is 0. The van der Waals surface area contributed by atoms with Crippen molar-refractivity contribution in [2.75, 3.05) is 0 Å². The van der Waals surface area contributed by atoms with Gasteiger partial charge < -0.3 is 31.9 Å². The van der Waals surface area contributed by atoms with Gasteiger partial charge in [-0.1, -0.05) is 0 Å². The van der Waals surface area contributed by atoms with Gasteiger partial charge in [0.05, 0.1) is 0 Å². The summed E-state index contributed by atoms with van der Waals surface area (Å²) in [4.78, 5) is 40.1. The number of hydrogen-bond acceptors (Lipinski definition) is 6. The van der Waals surface area contributed by atoms with Crippen LogP contribution >= 0.6 is 0 Å². The maximum absolute atomic E-state index is 10.1. The normalized spacial score (nSPS) is 12.5. The summed E-state index contributed by atoms with van der Waals surface area (Å²) < 4.78 is 0. The van der Waals surface area contributed by atoms with Crippen LogP contribution in [0, 0.1) is 0 Å². The van der Waals surface area contributed by atoms with E-state index >= 15 is 0 Å². The van der Waals surface area contributed by atoms with Crippen LogP contribution in [0.2, 0.25) is 0 Å². The Bertz CT molecular complexity index is 349. The molecule has 0 saturated heterocycles. The zero-order chi connectivity index (χ0) is 17.7. The number of carboxylic acids is 4. The van der Waals surface area contributed by atoms with E-state index in [0.717, 1.165) is 0 Å². The minimum atomic E-state index is -1.09. The molecule has 0 amide bonds. The van der Waals surface area contributed by atoms with E-state index in [0.29, 0.717) is 12.8 Å². The van der Waals surface area contributed by atoms with Gasteiger partial charge in [-0.2, -0.15) is 0 Å². The summed E-state index contributed by atoms with van der Waals surface area (Å²) in [6.07, 6.45) is 0.983. The topological polar surface area (TPSA) is 201 Å². The molecule has 0 saturated carbocycles. The van der Waals surface area contributed by atoms with Crippen molar-refractivity contribution in [1.82, 2.24) is 0 Å². The van der Waals surface area contributed by atoms with Crippen molar-refractivity contribution in [1.29, 1.82) is 0 Å². The summed E-state index contributed by atoms with van der Waals surface area (Å²) in [7, 11) is 0. The second-order valence-corrected chi connectivity index (χ2v) is 4.46. The van der Waals surface area contributed by atoms with Gasteiger partial charge in [0.2, 0.25) is 0 Å². The fourth-order valence-electron chi connectivity index (χ4n) is 1.19. The van der Waals surface area contributed by atoms with Crippen molar-refractivity contribution in [2.24, 2.45) is 11.5 Å². The minimum Gasteiger partial charge on any atom is -0.481 e. The van der Waals surface area contributed by atoms with E-state index in [-0.39, 0.29) is 25.7 Å². The van der Waals surface area contributed by atoms with Gasteiger partial charge in [0, 0.05) is 12.8 Å². The van der Waals surface area contributed by atoms with Crippen LogP contribution in [0.3, 0.4) is 0 Å². The third-order valence-electron chi connectivity index (χ3n) is 2.45. The summed E-state index contributed by atoms with van der Waals surface area (Å²) in [5.74, 6) is -4.03. The molecule has 0 radical (unpaired) electrons. The lowest BCUT2D eigenvalue weighted by atomic mass is 10.1. The van der Waals surface area contributed by atoms with Crippen molar-refractivity contribution in [3.05, 3.63) is 0 Å². The monoisotopic (exact) mass is 322 g/mol. The molecule has 0 aromatic heterocycles. The van der Waals surface area contributed by atoms with E-state index in [1.165, 1.54) is 0 Å². The molecule has 0 fully saturated rings. The van der Waals surface area contributed by atoms with Gasteiger partial charge in [0.15, 0.2) is 0 Å². The number of carboxylic acid groups (broad SMARTS) is 4. The highest BCUT2D eigenvalue weighted by atomic mass is 16.4. The Labute approximate surface area is 126 Å². The van der Waals surface area contributed by atoms with Gasteiger partial charge in [0.1, 0.15) is 12.1 Å². The summed E-state index contributed by atoms with van der Waals surface area (Å²) in [5.41, 5.74) is 10.2. The van der Waals surface area contributed by atoms with Crippen LogP contribution in [-0.4, -0.2) is 56.4 Å². The molecule has 0 aromatic rings. The molecule has 10 nitrogen and oxygen atoms in total. The highest BCUT2D eigenvalue weighted by Crippen LogP contribution is 1.99. The van der Waals surface area contributed by atoms with Crippen LogP contribution in [0.25, 0.3) is 0 Å². The molecule has 128 valence electrons. The first-order chi connectivity index (χ1) is 10.1. The molecule has 0 aromatic carbocycles. The molecule has 0 unspecified atom stereocenters. The van der Waals surface area contributed by atoms with Crippen LogP contribution in [-0.2, 0) is 19.2 Å². The Morgan fingerprint density at radius 1 is 0.682 bits per heavy atom. The lowest BCUT2D eigenvalue weighted by Crippen LogP contribution is -2.29. The summed E-state index contributed by atoms with van der Waals surface area (Å²) in [5, 5.41) is 32.9. The maximum atomic E-state index is 10.1. The van der Waals surface area contributed by atoms with E-state index < -0.39 is 36.0 Å². The van der Waals surface area contributed by atoms with E-state index in [1.54, 1.807) is 0 Å². The second kappa shape index (κ2) is 12.5. The molecule has 10 heteroatoms. The fourth-order valence-corrected chi connectivity index (χ4v) is 1.19. The van der Waals surface area contributed by atoms with Crippen LogP contribution in [0.5, 0.6) is 0 Å². The Kier molecular flexibility index (Phi) is 12.6. The van der Waals surface area contributed by atoms with Crippen molar-refractivity contribution in [3.63, 3.8) is 0 Å². The Morgan fingerprint density at radius 2 is 0.955 bits per heavy atom. The molecule has 0 spiro atoms. The average molecular weight is 322 g/mol. The molecule has 0 heterocycles. The van der Waals surface area contributed by atoms with Crippen LogP contribution < -0.4 is 11.5 Å². The predicted molar refractivity (Wildman–Crippen MR) is 74.2 cm³/mol. The lowest BCUT2D eigenvalue weighted by Gasteiger charge is -2.02. The van der Waals surface area contributed by atoms with Crippen molar-refractivity contribution < 1.29 is 39.6 Å². The van der Waals surface area contributed by atoms with Gasteiger partial charge in [0.25, 0.3) is 0 Å². The minimum absolute atomic E-state index is 0.0268. The third kappa shape index (κ3) is 15.9. The third-order valence-corrected chi connectivity index (χ3v) is 2.45. The standard InChI is InChI=1S/2C6H11NO4/c2*7-4(6(10)11)2-1-3-5(8)9/h2*4H,1-3,7H2,(H,8,9)(H,10,11)/t2*4-/m00/s1. The first-order valence-corrected chi connectivity index (χ1v) is 6.48. The fraction of sp³-hybridized carbons (Fsp3) is 0.667. The second-order valence-electron chi connectivity index (χ2n) is 4.46. The van der Waals surface area contributed by atoms with Gasteiger partial charge in [-0.15, -0.1) is 0 Å². The maximum Gasteiger partial charge on any atom is 0.320 e.